The molecule has 0 saturated heterocycles. The lowest BCUT2D eigenvalue weighted by atomic mass is 10.1. The number of para-hydroxylation sites is 1. The van der Waals surface area contributed by atoms with Gasteiger partial charge in [0.05, 0.1) is 22.5 Å². The Bertz CT molecular complexity index is 1170. The maximum atomic E-state index is 12.9. The standard InChI is InChI=1S/C24H21ClN2O2S/c1-15(2)14-29-18-7-5-6-16(12-18)23(28)26-20-11-10-17(25)13-19(20)24-27-21-8-3-4-9-22(21)30-24/h3-13,15H,14H2,1-2H3,(H,26,28). The molecule has 1 aromatic heterocycles. The number of thiazole rings is 1. The molecule has 0 radical (unpaired) electrons. The number of halogens is 1. The Morgan fingerprint density at radius 2 is 1.93 bits per heavy atom. The molecule has 1 heterocycles. The first-order valence-electron chi connectivity index (χ1n) is 9.69. The first kappa shape index (κ1) is 20.4. The van der Waals surface area contributed by atoms with Crippen LogP contribution in [0.5, 0.6) is 5.75 Å². The van der Waals surface area contributed by atoms with E-state index in [0.29, 0.717) is 34.5 Å². The molecule has 0 unspecified atom stereocenters. The molecule has 0 atom stereocenters. The van der Waals surface area contributed by atoms with Crippen LogP contribution in [-0.4, -0.2) is 17.5 Å². The predicted molar refractivity (Wildman–Crippen MR) is 125 cm³/mol. The van der Waals surface area contributed by atoms with E-state index in [2.05, 4.69) is 19.2 Å². The van der Waals surface area contributed by atoms with Crippen molar-refractivity contribution in [3.8, 4) is 16.3 Å². The zero-order chi connectivity index (χ0) is 21.1. The van der Waals surface area contributed by atoms with E-state index in [9.17, 15) is 4.79 Å². The summed E-state index contributed by atoms with van der Waals surface area (Å²) in [6, 6.07) is 20.5. The van der Waals surface area contributed by atoms with Crippen LogP contribution in [0.2, 0.25) is 5.02 Å². The zero-order valence-electron chi connectivity index (χ0n) is 16.7. The number of anilines is 1. The van der Waals surface area contributed by atoms with Crippen LogP contribution in [0.3, 0.4) is 0 Å². The van der Waals surface area contributed by atoms with Crippen molar-refractivity contribution in [2.24, 2.45) is 5.92 Å². The Labute approximate surface area is 184 Å². The van der Waals surface area contributed by atoms with Gasteiger partial charge in [0.25, 0.3) is 5.91 Å². The van der Waals surface area contributed by atoms with Crippen molar-refractivity contribution in [1.29, 1.82) is 0 Å². The summed E-state index contributed by atoms with van der Waals surface area (Å²) < 4.78 is 6.83. The molecule has 0 spiro atoms. The monoisotopic (exact) mass is 436 g/mol. The summed E-state index contributed by atoms with van der Waals surface area (Å²) in [6.07, 6.45) is 0. The van der Waals surface area contributed by atoms with E-state index in [1.165, 1.54) is 0 Å². The SMILES string of the molecule is CC(C)COc1cccc(C(=O)Nc2ccc(Cl)cc2-c2nc3ccccc3s2)c1. The number of hydrogen-bond acceptors (Lipinski definition) is 4. The van der Waals surface area contributed by atoms with Gasteiger partial charge in [-0.3, -0.25) is 4.79 Å². The molecule has 0 aliphatic rings. The van der Waals surface area contributed by atoms with Crippen LogP contribution >= 0.6 is 22.9 Å². The number of benzene rings is 3. The van der Waals surface area contributed by atoms with Gasteiger partial charge in [0.2, 0.25) is 0 Å². The molecule has 4 rings (SSSR count). The molecule has 4 aromatic rings. The van der Waals surface area contributed by atoms with E-state index >= 15 is 0 Å². The van der Waals surface area contributed by atoms with Crippen molar-refractivity contribution in [3.05, 3.63) is 77.3 Å². The third kappa shape index (κ3) is 4.64. The summed E-state index contributed by atoms with van der Waals surface area (Å²) in [7, 11) is 0. The van der Waals surface area contributed by atoms with Crippen molar-refractivity contribution >= 4 is 44.7 Å². The van der Waals surface area contributed by atoms with E-state index in [4.69, 9.17) is 21.3 Å². The van der Waals surface area contributed by atoms with E-state index in [1.807, 2.05) is 42.5 Å². The predicted octanol–water partition coefficient (Wildman–Crippen LogP) is 6.90. The zero-order valence-corrected chi connectivity index (χ0v) is 18.3. The highest BCUT2D eigenvalue weighted by molar-refractivity contribution is 7.21. The Morgan fingerprint density at radius 3 is 2.73 bits per heavy atom. The van der Waals surface area contributed by atoms with Gasteiger partial charge in [0.15, 0.2) is 0 Å². The van der Waals surface area contributed by atoms with E-state index in [-0.39, 0.29) is 5.91 Å². The summed E-state index contributed by atoms with van der Waals surface area (Å²) in [6.45, 7) is 4.77. The highest BCUT2D eigenvalue weighted by Crippen LogP contribution is 2.36. The fraction of sp³-hybridized carbons (Fsp3) is 0.167. The number of carbonyl (C=O) groups excluding carboxylic acids is 1. The Morgan fingerprint density at radius 1 is 1.10 bits per heavy atom. The van der Waals surface area contributed by atoms with Crippen LogP contribution < -0.4 is 10.1 Å². The number of nitrogens with zero attached hydrogens (tertiary/aromatic N) is 1. The molecule has 0 fully saturated rings. The Hall–Kier alpha value is -2.89. The normalized spacial score (nSPS) is 11.1. The quantitative estimate of drug-likeness (QED) is 0.357. The molecule has 0 aliphatic heterocycles. The summed E-state index contributed by atoms with van der Waals surface area (Å²) in [5.74, 6) is 0.876. The topological polar surface area (TPSA) is 51.2 Å². The molecular weight excluding hydrogens is 416 g/mol. The molecular formula is C24H21ClN2O2S. The van der Waals surface area contributed by atoms with Crippen LogP contribution in [0.15, 0.2) is 66.7 Å². The van der Waals surface area contributed by atoms with Crippen LogP contribution in [0.1, 0.15) is 24.2 Å². The molecule has 6 heteroatoms. The number of ether oxygens (including phenoxy) is 1. The van der Waals surface area contributed by atoms with Crippen molar-refractivity contribution in [1.82, 2.24) is 4.98 Å². The largest absolute Gasteiger partial charge is 0.493 e. The number of hydrogen-bond donors (Lipinski definition) is 1. The van der Waals surface area contributed by atoms with Crippen LogP contribution in [0.25, 0.3) is 20.8 Å². The van der Waals surface area contributed by atoms with Gasteiger partial charge in [-0.2, -0.15) is 0 Å². The van der Waals surface area contributed by atoms with Crippen LogP contribution in [0, 0.1) is 5.92 Å². The molecule has 1 amide bonds. The summed E-state index contributed by atoms with van der Waals surface area (Å²) in [5.41, 5.74) is 2.91. The lowest BCUT2D eigenvalue weighted by Crippen LogP contribution is -2.13. The number of carbonyl (C=O) groups is 1. The average molecular weight is 437 g/mol. The minimum atomic E-state index is -0.213. The summed E-state index contributed by atoms with van der Waals surface area (Å²) >= 11 is 7.81. The molecule has 0 saturated carbocycles. The minimum absolute atomic E-state index is 0.213. The van der Waals surface area contributed by atoms with Gasteiger partial charge >= 0.3 is 0 Å². The second-order valence-corrected chi connectivity index (χ2v) is 8.83. The molecule has 0 bridgehead atoms. The number of amides is 1. The third-order valence-electron chi connectivity index (χ3n) is 4.43. The molecule has 3 aromatic carbocycles. The van der Waals surface area contributed by atoms with Gasteiger partial charge in [-0.15, -0.1) is 11.3 Å². The maximum Gasteiger partial charge on any atom is 0.255 e. The lowest BCUT2D eigenvalue weighted by Gasteiger charge is -2.12. The van der Waals surface area contributed by atoms with Crippen molar-refractivity contribution in [2.45, 2.75) is 13.8 Å². The highest BCUT2D eigenvalue weighted by Gasteiger charge is 2.15. The van der Waals surface area contributed by atoms with Gasteiger partial charge in [-0.1, -0.05) is 43.6 Å². The average Bonchev–Trinajstić information content (AvgIpc) is 3.18. The first-order valence-corrected chi connectivity index (χ1v) is 10.9. The minimum Gasteiger partial charge on any atom is -0.493 e. The van der Waals surface area contributed by atoms with Gasteiger partial charge in [0.1, 0.15) is 10.8 Å². The second-order valence-electron chi connectivity index (χ2n) is 7.36. The Kier molecular flexibility index (Phi) is 6.02. The number of rotatable bonds is 6. The highest BCUT2D eigenvalue weighted by atomic mass is 35.5. The number of nitrogens with one attached hydrogen (secondary N) is 1. The molecule has 1 N–H and O–H groups in total. The van der Waals surface area contributed by atoms with Gasteiger partial charge < -0.3 is 10.1 Å². The van der Waals surface area contributed by atoms with Crippen molar-refractivity contribution in [3.63, 3.8) is 0 Å². The molecule has 152 valence electrons. The maximum absolute atomic E-state index is 12.9. The first-order chi connectivity index (χ1) is 14.5. The van der Waals surface area contributed by atoms with Gasteiger partial charge in [-0.05, 0) is 54.4 Å². The fourth-order valence-electron chi connectivity index (χ4n) is 2.97. The second kappa shape index (κ2) is 8.86. The van der Waals surface area contributed by atoms with E-state index < -0.39 is 0 Å². The van der Waals surface area contributed by atoms with Crippen molar-refractivity contribution < 1.29 is 9.53 Å². The lowest BCUT2D eigenvalue weighted by molar-refractivity contribution is 0.102. The summed E-state index contributed by atoms with van der Waals surface area (Å²) in [5, 5.41) is 4.40. The Balaban J connectivity index is 1.62. The van der Waals surface area contributed by atoms with Gasteiger partial charge in [-0.25, -0.2) is 4.98 Å². The molecule has 30 heavy (non-hydrogen) atoms. The smallest absolute Gasteiger partial charge is 0.255 e. The summed E-state index contributed by atoms with van der Waals surface area (Å²) in [4.78, 5) is 17.6. The van der Waals surface area contributed by atoms with Crippen LogP contribution in [-0.2, 0) is 0 Å². The molecule has 4 nitrogen and oxygen atoms in total. The van der Waals surface area contributed by atoms with Gasteiger partial charge in [0, 0.05) is 16.1 Å². The van der Waals surface area contributed by atoms with Crippen LogP contribution in [0.4, 0.5) is 5.69 Å². The third-order valence-corrected chi connectivity index (χ3v) is 5.74. The molecule has 0 aliphatic carbocycles. The van der Waals surface area contributed by atoms with E-state index in [0.717, 1.165) is 20.8 Å². The fourth-order valence-corrected chi connectivity index (χ4v) is 4.14. The van der Waals surface area contributed by atoms with Crippen molar-refractivity contribution in [2.75, 3.05) is 11.9 Å². The number of fused-ring (bicyclic) bond motifs is 1. The number of aromatic nitrogens is 1. The van der Waals surface area contributed by atoms with E-state index in [1.54, 1.807) is 35.6 Å².